The molecule has 0 unspecified atom stereocenters. The molecule has 0 aromatic carbocycles. The maximum atomic E-state index is 9.46. The van der Waals surface area contributed by atoms with Crippen LogP contribution in [0.15, 0.2) is 25.7 Å². The van der Waals surface area contributed by atoms with Gasteiger partial charge >= 0.3 is 0 Å². The van der Waals surface area contributed by atoms with Gasteiger partial charge in [-0.2, -0.15) is 0 Å². The summed E-state index contributed by atoms with van der Waals surface area (Å²) < 4.78 is 20.9. The van der Waals surface area contributed by atoms with Gasteiger partial charge < -0.3 is 29.2 Å². The summed E-state index contributed by atoms with van der Waals surface area (Å²) in [6.07, 6.45) is 4.21. The van der Waals surface area contributed by atoms with Gasteiger partial charge in [0.25, 0.3) is 0 Å². The number of hydrogen-bond acceptors (Lipinski definition) is 6. The minimum Gasteiger partial charge on any atom is -0.502 e. The Balaban J connectivity index is 3.83. The van der Waals surface area contributed by atoms with Gasteiger partial charge in [0.1, 0.15) is 0 Å². The van der Waals surface area contributed by atoms with Crippen LogP contribution in [0.3, 0.4) is 0 Å². The first-order valence-corrected chi connectivity index (χ1v) is 7.07. The van der Waals surface area contributed by atoms with Crippen molar-refractivity contribution in [2.75, 3.05) is 52.9 Å². The summed E-state index contributed by atoms with van der Waals surface area (Å²) in [7, 11) is 0. The van der Waals surface area contributed by atoms with E-state index in [1.807, 2.05) is 0 Å². The Morgan fingerprint density at radius 2 is 1.19 bits per heavy atom. The van der Waals surface area contributed by atoms with E-state index < -0.39 is 5.41 Å². The molecule has 6 heteroatoms. The molecule has 0 saturated carbocycles. The van der Waals surface area contributed by atoms with Gasteiger partial charge in [0, 0.05) is 26.1 Å². The number of rotatable bonds is 16. The number of aliphatic hydroxyl groups excluding tert-OH is 2. The second-order valence-electron chi connectivity index (χ2n) is 4.70. The molecule has 0 spiro atoms. The molecule has 2 N–H and O–H groups in total. The predicted octanol–water partition coefficient (Wildman–Crippen LogP) is 1.09. The standard InChI is InChI=1S/C15H28O6/c1-3-18-7-5-9-20-13-15(11-16,12-17)14-21-10-6-8-19-4-2/h3-4,16-17H,1-2,5-14H2. The second-order valence-corrected chi connectivity index (χ2v) is 4.70. The van der Waals surface area contributed by atoms with Gasteiger partial charge in [-0.1, -0.05) is 13.2 Å². The van der Waals surface area contributed by atoms with Gasteiger partial charge in [-0.3, -0.25) is 0 Å². The third-order valence-corrected chi connectivity index (χ3v) is 2.82. The molecular weight excluding hydrogens is 276 g/mol. The lowest BCUT2D eigenvalue weighted by atomic mass is 9.92. The highest BCUT2D eigenvalue weighted by Gasteiger charge is 2.29. The van der Waals surface area contributed by atoms with E-state index in [0.29, 0.717) is 26.4 Å². The van der Waals surface area contributed by atoms with Gasteiger partial charge in [-0.05, 0) is 0 Å². The average Bonchev–Trinajstić information content (AvgIpc) is 2.52. The molecule has 0 saturated heterocycles. The zero-order valence-corrected chi connectivity index (χ0v) is 12.7. The van der Waals surface area contributed by atoms with Crippen LogP contribution in [0.1, 0.15) is 12.8 Å². The van der Waals surface area contributed by atoms with Crippen molar-refractivity contribution >= 4 is 0 Å². The van der Waals surface area contributed by atoms with Crippen LogP contribution in [-0.2, 0) is 18.9 Å². The van der Waals surface area contributed by atoms with E-state index in [9.17, 15) is 10.2 Å². The number of ether oxygens (including phenoxy) is 4. The zero-order chi connectivity index (χ0) is 15.8. The molecule has 0 fully saturated rings. The van der Waals surface area contributed by atoms with Crippen LogP contribution in [0.25, 0.3) is 0 Å². The van der Waals surface area contributed by atoms with Crippen LogP contribution in [-0.4, -0.2) is 63.1 Å². The van der Waals surface area contributed by atoms with Crippen molar-refractivity contribution in [1.82, 2.24) is 0 Å². The van der Waals surface area contributed by atoms with E-state index >= 15 is 0 Å². The first-order chi connectivity index (χ1) is 10.2. The molecule has 124 valence electrons. The summed E-state index contributed by atoms with van der Waals surface area (Å²) in [6.45, 7) is 9.01. The lowest BCUT2D eigenvalue weighted by molar-refractivity contribution is -0.0791. The first kappa shape index (κ1) is 19.9. The lowest BCUT2D eigenvalue weighted by Gasteiger charge is -2.29. The summed E-state index contributed by atoms with van der Waals surface area (Å²) in [5.41, 5.74) is -0.779. The molecule has 0 aromatic heterocycles. The summed E-state index contributed by atoms with van der Waals surface area (Å²) >= 11 is 0. The van der Waals surface area contributed by atoms with E-state index in [4.69, 9.17) is 18.9 Å². The second kappa shape index (κ2) is 13.9. The maximum Gasteiger partial charge on any atom is 0.0895 e. The summed E-state index contributed by atoms with van der Waals surface area (Å²) in [4.78, 5) is 0. The highest BCUT2D eigenvalue weighted by molar-refractivity contribution is 4.77. The Kier molecular flexibility index (Phi) is 13.2. The first-order valence-electron chi connectivity index (χ1n) is 7.07. The topological polar surface area (TPSA) is 77.4 Å². The van der Waals surface area contributed by atoms with Crippen molar-refractivity contribution in [3.8, 4) is 0 Å². The largest absolute Gasteiger partial charge is 0.502 e. The monoisotopic (exact) mass is 304 g/mol. The van der Waals surface area contributed by atoms with Gasteiger partial charge in [-0.15, -0.1) is 0 Å². The average molecular weight is 304 g/mol. The van der Waals surface area contributed by atoms with Crippen LogP contribution in [0.4, 0.5) is 0 Å². The van der Waals surface area contributed by atoms with Crippen molar-refractivity contribution in [3.63, 3.8) is 0 Å². The van der Waals surface area contributed by atoms with Crippen LogP contribution < -0.4 is 0 Å². The fourth-order valence-corrected chi connectivity index (χ4v) is 1.51. The Morgan fingerprint density at radius 3 is 1.52 bits per heavy atom. The Morgan fingerprint density at radius 1 is 0.762 bits per heavy atom. The maximum absolute atomic E-state index is 9.46. The third-order valence-electron chi connectivity index (χ3n) is 2.82. The van der Waals surface area contributed by atoms with Gasteiger partial charge in [-0.25, -0.2) is 0 Å². The van der Waals surface area contributed by atoms with Gasteiger partial charge in [0.15, 0.2) is 0 Å². The van der Waals surface area contributed by atoms with Crippen LogP contribution in [0, 0.1) is 5.41 Å². The number of aliphatic hydroxyl groups is 2. The molecule has 21 heavy (non-hydrogen) atoms. The van der Waals surface area contributed by atoms with E-state index in [0.717, 1.165) is 12.8 Å². The van der Waals surface area contributed by atoms with Gasteiger partial charge in [0.05, 0.1) is 57.6 Å². The van der Waals surface area contributed by atoms with E-state index in [1.165, 1.54) is 12.5 Å². The molecule has 0 aliphatic rings. The molecule has 6 nitrogen and oxygen atoms in total. The quantitative estimate of drug-likeness (QED) is 0.328. The molecule has 0 bridgehead atoms. The van der Waals surface area contributed by atoms with Crippen molar-refractivity contribution < 1.29 is 29.2 Å². The molecule has 0 heterocycles. The highest BCUT2D eigenvalue weighted by Crippen LogP contribution is 2.17. The Hall–Kier alpha value is -1.08. The van der Waals surface area contributed by atoms with Crippen molar-refractivity contribution in [2.24, 2.45) is 5.41 Å². The predicted molar refractivity (Wildman–Crippen MR) is 79.8 cm³/mol. The zero-order valence-electron chi connectivity index (χ0n) is 12.7. The fourth-order valence-electron chi connectivity index (χ4n) is 1.51. The molecule has 0 aliphatic carbocycles. The fraction of sp³-hybridized carbons (Fsp3) is 0.733. The third kappa shape index (κ3) is 10.3. The van der Waals surface area contributed by atoms with Crippen LogP contribution in [0.5, 0.6) is 0 Å². The summed E-state index contributed by atoms with van der Waals surface area (Å²) in [5.74, 6) is 0. The molecule has 0 amide bonds. The smallest absolute Gasteiger partial charge is 0.0895 e. The normalized spacial score (nSPS) is 11.1. The molecule has 0 aliphatic heterocycles. The van der Waals surface area contributed by atoms with Gasteiger partial charge in [0.2, 0.25) is 0 Å². The van der Waals surface area contributed by atoms with Crippen molar-refractivity contribution in [3.05, 3.63) is 25.7 Å². The highest BCUT2D eigenvalue weighted by atomic mass is 16.5. The molecule has 0 atom stereocenters. The molecule has 0 rings (SSSR count). The minimum atomic E-state index is -0.779. The van der Waals surface area contributed by atoms with Crippen LogP contribution in [0.2, 0.25) is 0 Å². The molecule has 0 aromatic rings. The minimum absolute atomic E-state index is 0.199. The van der Waals surface area contributed by atoms with E-state index in [1.54, 1.807) is 0 Å². The SMILES string of the molecule is C=COCCCOCC(CO)(CO)COCCCOC=C. The Bertz CT molecular complexity index is 231. The summed E-state index contributed by atoms with van der Waals surface area (Å²) in [5, 5.41) is 18.9. The number of hydrogen-bond donors (Lipinski definition) is 2. The molecular formula is C15H28O6. The Labute approximate surface area is 127 Å². The lowest BCUT2D eigenvalue weighted by Crippen LogP contribution is -2.40. The van der Waals surface area contributed by atoms with E-state index in [2.05, 4.69) is 13.2 Å². The van der Waals surface area contributed by atoms with E-state index in [-0.39, 0.29) is 26.4 Å². The summed E-state index contributed by atoms with van der Waals surface area (Å²) in [6, 6.07) is 0. The van der Waals surface area contributed by atoms with Crippen molar-refractivity contribution in [1.29, 1.82) is 0 Å². The van der Waals surface area contributed by atoms with Crippen molar-refractivity contribution in [2.45, 2.75) is 12.8 Å². The molecule has 0 radical (unpaired) electrons. The van der Waals surface area contributed by atoms with Crippen LogP contribution >= 0.6 is 0 Å².